The molecule has 1 saturated heterocycles. The number of nitrogens with one attached hydrogen (secondary N) is 1. The Hall–Kier alpha value is -2.35. The van der Waals surface area contributed by atoms with Gasteiger partial charge >= 0.3 is 0 Å². The van der Waals surface area contributed by atoms with Gasteiger partial charge in [0.1, 0.15) is 0 Å². The number of nitrogens with zero attached hydrogens (tertiary/aromatic N) is 3. The van der Waals surface area contributed by atoms with E-state index in [-0.39, 0.29) is 11.8 Å². The first-order chi connectivity index (χ1) is 16.2. The van der Waals surface area contributed by atoms with Crippen LogP contribution in [0.5, 0.6) is 0 Å². The molecule has 174 valence electrons. The van der Waals surface area contributed by atoms with Crippen LogP contribution < -0.4 is 5.32 Å². The summed E-state index contributed by atoms with van der Waals surface area (Å²) >= 11 is 8.04. The molecule has 8 heteroatoms. The van der Waals surface area contributed by atoms with Gasteiger partial charge in [0, 0.05) is 29.4 Å². The molecule has 33 heavy (non-hydrogen) atoms. The molecule has 3 aromatic rings. The molecule has 0 spiro atoms. The van der Waals surface area contributed by atoms with Crippen LogP contribution in [0.3, 0.4) is 0 Å². The summed E-state index contributed by atoms with van der Waals surface area (Å²) in [4.78, 5) is 19.4. The summed E-state index contributed by atoms with van der Waals surface area (Å²) in [6.45, 7) is 2.93. The Kier molecular flexibility index (Phi) is 8.80. The Bertz CT molecular complexity index is 1030. The van der Waals surface area contributed by atoms with Crippen LogP contribution in [0.15, 0.2) is 59.1 Å². The molecule has 0 saturated carbocycles. The molecule has 2 heterocycles. The van der Waals surface area contributed by atoms with Gasteiger partial charge in [0.15, 0.2) is 0 Å². The second-order valence-corrected chi connectivity index (χ2v) is 9.75. The van der Waals surface area contributed by atoms with Crippen molar-refractivity contribution in [2.45, 2.75) is 31.6 Å². The average molecular weight is 485 g/mol. The fourth-order valence-electron chi connectivity index (χ4n) is 3.96. The van der Waals surface area contributed by atoms with Gasteiger partial charge in [-0.1, -0.05) is 65.3 Å². The number of piperidine rings is 1. The molecular weight excluding hydrogens is 456 g/mol. The van der Waals surface area contributed by atoms with Crippen molar-refractivity contribution in [1.82, 2.24) is 20.4 Å². The fraction of sp³-hybridized carbons (Fsp3) is 0.400. The van der Waals surface area contributed by atoms with Crippen molar-refractivity contribution in [2.75, 3.05) is 25.4 Å². The molecule has 4 rings (SSSR count). The van der Waals surface area contributed by atoms with Gasteiger partial charge in [-0.05, 0) is 43.2 Å². The minimum Gasteiger partial charge on any atom is -0.356 e. The molecule has 2 aromatic carbocycles. The Labute approximate surface area is 204 Å². The number of benzene rings is 2. The average Bonchev–Trinajstić information content (AvgIpc) is 3.31. The Morgan fingerprint density at radius 1 is 1.18 bits per heavy atom. The monoisotopic (exact) mass is 484 g/mol. The lowest BCUT2D eigenvalue weighted by atomic mass is 9.97. The zero-order valence-electron chi connectivity index (χ0n) is 18.6. The summed E-state index contributed by atoms with van der Waals surface area (Å²) < 4.78 is 5.45. The first-order valence-corrected chi connectivity index (χ1v) is 12.9. The molecule has 1 unspecified atom stereocenters. The number of rotatable bonds is 10. The number of aromatic nitrogens is 2. The quantitative estimate of drug-likeness (QED) is 0.406. The molecule has 1 N–H and O–H groups in total. The number of thioether (sulfide) groups is 1. The highest BCUT2D eigenvalue weighted by atomic mass is 35.5. The lowest BCUT2D eigenvalue weighted by Gasteiger charge is -2.30. The zero-order chi connectivity index (χ0) is 22.9. The lowest BCUT2D eigenvalue weighted by Crippen LogP contribution is -2.43. The summed E-state index contributed by atoms with van der Waals surface area (Å²) in [5, 5.41) is 8.03. The maximum atomic E-state index is 12.7. The predicted octanol–water partition coefficient (Wildman–Crippen LogP) is 5.04. The van der Waals surface area contributed by atoms with Crippen molar-refractivity contribution in [1.29, 1.82) is 0 Å². The van der Waals surface area contributed by atoms with Crippen LogP contribution in [-0.4, -0.2) is 46.3 Å². The maximum absolute atomic E-state index is 12.7. The minimum absolute atomic E-state index is 0.00560. The number of carbonyl (C=O) groups excluding carboxylic acids is 1. The molecular formula is C25H29ClN4O2S. The lowest BCUT2D eigenvalue weighted by molar-refractivity contribution is -0.126. The normalized spacial score (nSPS) is 16.6. The Morgan fingerprint density at radius 3 is 2.85 bits per heavy atom. The van der Waals surface area contributed by atoms with Crippen molar-refractivity contribution in [3.8, 4) is 11.4 Å². The fourth-order valence-corrected chi connectivity index (χ4v) is 5.20. The van der Waals surface area contributed by atoms with E-state index in [1.807, 2.05) is 60.3 Å². The highest BCUT2D eigenvalue weighted by molar-refractivity contribution is 7.98. The van der Waals surface area contributed by atoms with Crippen molar-refractivity contribution in [2.24, 2.45) is 5.92 Å². The summed E-state index contributed by atoms with van der Waals surface area (Å²) in [5.74, 6) is 3.22. The molecule has 1 fully saturated rings. The van der Waals surface area contributed by atoms with E-state index in [4.69, 9.17) is 16.1 Å². The topological polar surface area (TPSA) is 71.3 Å². The molecule has 0 aliphatic carbocycles. The van der Waals surface area contributed by atoms with Gasteiger partial charge in [0.2, 0.25) is 17.6 Å². The van der Waals surface area contributed by atoms with Crippen molar-refractivity contribution in [3.05, 3.63) is 71.1 Å². The highest BCUT2D eigenvalue weighted by Gasteiger charge is 2.26. The number of hydrogen-bond donors (Lipinski definition) is 1. The van der Waals surface area contributed by atoms with Gasteiger partial charge in [-0.3, -0.25) is 9.69 Å². The summed E-state index contributed by atoms with van der Waals surface area (Å²) in [7, 11) is 0. The number of likely N-dealkylation sites (tertiary alicyclic amines) is 1. The molecule has 1 aliphatic rings. The van der Waals surface area contributed by atoms with Gasteiger partial charge < -0.3 is 9.84 Å². The summed E-state index contributed by atoms with van der Waals surface area (Å²) in [6.07, 6.45) is 2.86. The number of amides is 1. The van der Waals surface area contributed by atoms with Crippen molar-refractivity contribution in [3.63, 3.8) is 0 Å². The predicted molar refractivity (Wildman–Crippen MR) is 133 cm³/mol. The summed E-state index contributed by atoms with van der Waals surface area (Å²) in [6, 6.07) is 17.7. The number of carbonyl (C=O) groups is 1. The molecule has 6 nitrogen and oxygen atoms in total. The van der Waals surface area contributed by atoms with E-state index in [1.165, 1.54) is 0 Å². The van der Waals surface area contributed by atoms with E-state index >= 15 is 0 Å². The zero-order valence-corrected chi connectivity index (χ0v) is 20.2. The summed E-state index contributed by atoms with van der Waals surface area (Å²) in [5.41, 5.74) is 2.10. The van der Waals surface area contributed by atoms with Gasteiger partial charge in [-0.25, -0.2) is 0 Å². The van der Waals surface area contributed by atoms with Crippen LogP contribution in [0, 0.1) is 5.92 Å². The second-order valence-electron chi connectivity index (χ2n) is 8.24. The van der Waals surface area contributed by atoms with Crippen LogP contribution in [0.4, 0.5) is 0 Å². The molecule has 1 atom stereocenters. The SMILES string of the molecule is O=C(NCCCSCc1ccccc1Cl)C1CCCN(Cc2nc(-c3ccccc3)no2)C1. The third-order valence-corrected chi connectivity index (χ3v) is 7.18. The van der Waals surface area contributed by atoms with E-state index in [9.17, 15) is 4.79 Å². The largest absolute Gasteiger partial charge is 0.356 e. The van der Waals surface area contributed by atoms with E-state index in [0.29, 0.717) is 24.8 Å². The standard InChI is InChI=1S/C25H29ClN4O2S/c26-22-12-5-4-10-21(22)18-33-15-7-13-27-25(31)20-11-6-14-30(16-20)17-23-28-24(29-32-23)19-8-2-1-3-9-19/h1-5,8-10,12,20H,6-7,11,13-18H2,(H,27,31). The van der Waals surface area contributed by atoms with Gasteiger partial charge in [-0.2, -0.15) is 16.7 Å². The minimum atomic E-state index is 0.00560. The van der Waals surface area contributed by atoms with Crippen LogP contribution in [0.2, 0.25) is 5.02 Å². The third-order valence-electron chi connectivity index (χ3n) is 5.72. The van der Waals surface area contributed by atoms with Crippen LogP contribution in [0.25, 0.3) is 11.4 Å². The number of hydrogen-bond acceptors (Lipinski definition) is 6. The van der Waals surface area contributed by atoms with E-state index < -0.39 is 0 Å². The van der Waals surface area contributed by atoms with E-state index in [1.54, 1.807) is 0 Å². The van der Waals surface area contributed by atoms with Crippen LogP contribution in [-0.2, 0) is 17.1 Å². The Balaban J connectivity index is 1.16. The molecule has 1 aromatic heterocycles. The maximum Gasteiger partial charge on any atom is 0.241 e. The van der Waals surface area contributed by atoms with Gasteiger partial charge in [-0.15, -0.1) is 0 Å². The third kappa shape index (κ3) is 7.06. The molecule has 1 amide bonds. The first-order valence-electron chi connectivity index (χ1n) is 11.4. The number of halogens is 1. The Morgan fingerprint density at radius 2 is 2.00 bits per heavy atom. The van der Waals surface area contributed by atoms with Crippen molar-refractivity contribution < 1.29 is 9.32 Å². The smallest absolute Gasteiger partial charge is 0.241 e. The second kappa shape index (κ2) is 12.2. The first kappa shape index (κ1) is 23.8. The van der Waals surface area contributed by atoms with E-state index in [0.717, 1.165) is 60.0 Å². The molecule has 1 aliphatic heterocycles. The van der Waals surface area contributed by atoms with Gasteiger partial charge in [0.05, 0.1) is 12.5 Å². The van der Waals surface area contributed by atoms with E-state index in [2.05, 4.69) is 26.4 Å². The van der Waals surface area contributed by atoms with Gasteiger partial charge in [0.25, 0.3) is 0 Å². The molecule has 0 radical (unpaired) electrons. The van der Waals surface area contributed by atoms with Crippen LogP contribution >= 0.6 is 23.4 Å². The highest BCUT2D eigenvalue weighted by Crippen LogP contribution is 2.22. The van der Waals surface area contributed by atoms with Crippen molar-refractivity contribution >= 4 is 29.3 Å². The molecule has 0 bridgehead atoms. The van der Waals surface area contributed by atoms with Crippen LogP contribution in [0.1, 0.15) is 30.7 Å².